The zero-order valence-electron chi connectivity index (χ0n) is 7.63. The van der Waals surface area contributed by atoms with Gasteiger partial charge in [-0.25, -0.2) is 0 Å². The molecule has 0 spiro atoms. The van der Waals surface area contributed by atoms with E-state index in [0.717, 1.165) is 19.6 Å². The van der Waals surface area contributed by atoms with Crippen LogP contribution < -0.4 is 5.32 Å². The van der Waals surface area contributed by atoms with Crippen LogP contribution in [0.1, 0.15) is 6.92 Å². The van der Waals surface area contributed by atoms with E-state index in [1.54, 1.807) is 7.11 Å². The Hall–Kier alpha value is -0.120. The van der Waals surface area contributed by atoms with E-state index in [2.05, 4.69) is 24.2 Å². The number of methoxy groups -OCH3 is 1. The van der Waals surface area contributed by atoms with E-state index in [-0.39, 0.29) is 0 Å². The third-order valence-corrected chi connectivity index (χ3v) is 2.22. The summed E-state index contributed by atoms with van der Waals surface area (Å²) in [7, 11) is 3.91. The lowest BCUT2D eigenvalue weighted by atomic mass is 10.2. The molecule has 3 heteroatoms. The van der Waals surface area contributed by atoms with Gasteiger partial charge < -0.3 is 15.0 Å². The average molecular weight is 158 g/mol. The lowest BCUT2D eigenvalue weighted by Crippen LogP contribution is -2.39. The van der Waals surface area contributed by atoms with Crippen molar-refractivity contribution in [2.24, 2.45) is 0 Å². The molecule has 0 bridgehead atoms. The molecule has 0 aromatic rings. The number of likely N-dealkylation sites (tertiary alicyclic amines) is 1. The summed E-state index contributed by atoms with van der Waals surface area (Å²) in [6.45, 7) is 5.31. The first kappa shape index (κ1) is 8.97. The van der Waals surface area contributed by atoms with Crippen molar-refractivity contribution in [3.8, 4) is 0 Å². The molecular formula is C8H18N2O. The number of hydrogen-bond donors (Lipinski definition) is 1. The van der Waals surface area contributed by atoms with E-state index in [1.807, 2.05) is 0 Å². The first-order valence-corrected chi connectivity index (χ1v) is 4.22. The fourth-order valence-corrected chi connectivity index (χ4v) is 1.66. The Balaban J connectivity index is 2.37. The molecule has 0 radical (unpaired) electrons. The minimum atomic E-state index is 0.375. The van der Waals surface area contributed by atoms with Gasteiger partial charge in [0.1, 0.15) is 0 Å². The highest BCUT2D eigenvalue weighted by Gasteiger charge is 2.29. The number of rotatable bonds is 3. The molecule has 1 rings (SSSR count). The lowest BCUT2D eigenvalue weighted by Gasteiger charge is -2.16. The van der Waals surface area contributed by atoms with Gasteiger partial charge in [0.25, 0.3) is 0 Å². The van der Waals surface area contributed by atoms with Gasteiger partial charge in [-0.05, 0) is 13.6 Å². The van der Waals surface area contributed by atoms with Crippen molar-refractivity contribution >= 4 is 0 Å². The first-order chi connectivity index (χ1) is 5.27. The Morgan fingerprint density at radius 3 is 2.82 bits per heavy atom. The number of nitrogens with one attached hydrogen (secondary N) is 1. The Morgan fingerprint density at radius 1 is 1.55 bits per heavy atom. The van der Waals surface area contributed by atoms with Crippen LogP contribution in [-0.2, 0) is 4.74 Å². The minimum Gasteiger partial charge on any atom is -0.378 e. The summed E-state index contributed by atoms with van der Waals surface area (Å²) in [6.07, 6.45) is 0.375. The van der Waals surface area contributed by atoms with Gasteiger partial charge in [0.15, 0.2) is 0 Å². The van der Waals surface area contributed by atoms with Crippen LogP contribution in [0.3, 0.4) is 0 Å². The molecule has 1 aliphatic heterocycles. The van der Waals surface area contributed by atoms with Crippen LogP contribution in [0.25, 0.3) is 0 Å². The van der Waals surface area contributed by atoms with Crippen LogP contribution >= 0.6 is 0 Å². The zero-order chi connectivity index (χ0) is 8.27. The van der Waals surface area contributed by atoms with Crippen molar-refractivity contribution in [1.82, 2.24) is 10.2 Å². The Kier molecular flexibility index (Phi) is 3.30. The number of ether oxygens (including phenoxy) is 1. The van der Waals surface area contributed by atoms with Gasteiger partial charge >= 0.3 is 0 Å². The van der Waals surface area contributed by atoms with E-state index in [1.165, 1.54) is 0 Å². The van der Waals surface area contributed by atoms with Crippen LogP contribution in [-0.4, -0.2) is 50.8 Å². The molecule has 0 aromatic heterocycles. The number of nitrogens with zero attached hydrogens (tertiary/aromatic N) is 1. The van der Waals surface area contributed by atoms with Crippen molar-refractivity contribution in [2.45, 2.75) is 19.1 Å². The van der Waals surface area contributed by atoms with Gasteiger partial charge in [-0.3, -0.25) is 0 Å². The first-order valence-electron chi connectivity index (χ1n) is 4.22. The van der Waals surface area contributed by atoms with Gasteiger partial charge in [0.2, 0.25) is 0 Å². The maximum atomic E-state index is 5.34. The highest BCUT2D eigenvalue weighted by Crippen LogP contribution is 2.10. The number of hydrogen-bond acceptors (Lipinski definition) is 3. The van der Waals surface area contributed by atoms with Gasteiger partial charge in [-0.15, -0.1) is 0 Å². The van der Waals surface area contributed by atoms with Crippen LogP contribution in [0.2, 0.25) is 0 Å². The summed E-state index contributed by atoms with van der Waals surface area (Å²) in [6, 6.07) is 0.523. The molecule has 0 aromatic carbocycles. The predicted molar refractivity (Wildman–Crippen MR) is 45.8 cm³/mol. The molecule has 0 saturated carbocycles. The normalized spacial score (nSPS) is 33.0. The van der Waals surface area contributed by atoms with Crippen LogP contribution in [0.4, 0.5) is 0 Å². The molecular weight excluding hydrogens is 140 g/mol. The third-order valence-electron chi connectivity index (χ3n) is 2.22. The highest BCUT2D eigenvalue weighted by molar-refractivity contribution is 4.88. The molecule has 1 fully saturated rings. The minimum absolute atomic E-state index is 0.375. The Morgan fingerprint density at radius 2 is 2.27 bits per heavy atom. The van der Waals surface area contributed by atoms with Crippen molar-refractivity contribution in [2.75, 3.05) is 33.8 Å². The van der Waals surface area contributed by atoms with Gasteiger partial charge in [-0.2, -0.15) is 0 Å². The summed E-state index contributed by atoms with van der Waals surface area (Å²) in [5.74, 6) is 0. The molecule has 11 heavy (non-hydrogen) atoms. The Bertz CT molecular complexity index is 119. The molecule has 1 aliphatic rings. The largest absolute Gasteiger partial charge is 0.378 e. The van der Waals surface area contributed by atoms with E-state index < -0.39 is 0 Å². The SMILES string of the molecule is CCNC1CN(C)CC1OC. The van der Waals surface area contributed by atoms with Gasteiger partial charge in [0, 0.05) is 26.2 Å². The fraction of sp³-hybridized carbons (Fsp3) is 1.00. The molecule has 2 unspecified atom stereocenters. The second kappa shape index (κ2) is 4.04. The molecule has 1 heterocycles. The average Bonchev–Trinajstić information content (AvgIpc) is 2.32. The highest BCUT2D eigenvalue weighted by atomic mass is 16.5. The van der Waals surface area contributed by atoms with Crippen LogP contribution in [0, 0.1) is 0 Å². The Labute approximate surface area is 68.7 Å². The molecule has 0 aliphatic carbocycles. The van der Waals surface area contributed by atoms with Crippen LogP contribution in [0.15, 0.2) is 0 Å². The summed E-state index contributed by atoms with van der Waals surface area (Å²) >= 11 is 0. The summed E-state index contributed by atoms with van der Waals surface area (Å²) in [5.41, 5.74) is 0. The van der Waals surface area contributed by atoms with Crippen molar-refractivity contribution < 1.29 is 4.74 Å². The lowest BCUT2D eigenvalue weighted by molar-refractivity contribution is 0.0920. The fourth-order valence-electron chi connectivity index (χ4n) is 1.66. The zero-order valence-corrected chi connectivity index (χ0v) is 7.63. The number of likely N-dealkylation sites (N-methyl/N-ethyl adjacent to an activating group) is 2. The third kappa shape index (κ3) is 2.15. The molecule has 2 atom stereocenters. The second-order valence-corrected chi connectivity index (χ2v) is 3.16. The molecule has 1 N–H and O–H groups in total. The molecule has 0 amide bonds. The van der Waals surface area contributed by atoms with E-state index in [4.69, 9.17) is 4.74 Å². The topological polar surface area (TPSA) is 24.5 Å². The second-order valence-electron chi connectivity index (χ2n) is 3.16. The summed E-state index contributed by atoms with van der Waals surface area (Å²) in [5, 5.41) is 3.41. The van der Waals surface area contributed by atoms with E-state index in [9.17, 15) is 0 Å². The predicted octanol–water partition coefficient (Wildman–Crippen LogP) is -0.0751. The summed E-state index contributed by atoms with van der Waals surface area (Å²) in [4.78, 5) is 2.29. The van der Waals surface area contributed by atoms with E-state index >= 15 is 0 Å². The maximum absolute atomic E-state index is 5.34. The molecule has 66 valence electrons. The monoisotopic (exact) mass is 158 g/mol. The molecule has 1 saturated heterocycles. The maximum Gasteiger partial charge on any atom is 0.0863 e. The smallest absolute Gasteiger partial charge is 0.0863 e. The quantitative estimate of drug-likeness (QED) is 0.622. The van der Waals surface area contributed by atoms with Crippen molar-refractivity contribution in [1.29, 1.82) is 0 Å². The van der Waals surface area contributed by atoms with Crippen molar-refractivity contribution in [3.63, 3.8) is 0 Å². The van der Waals surface area contributed by atoms with Crippen LogP contribution in [0.5, 0.6) is 0 Å². The summed E-state index contributed by atoms with van der Waals surface area (Å²) < 4.78 is 5.34. The molecule has 3 nitrogen and oxygen atoms in total. The van der Waals surface area contributed by atoms with E-state index in [0.29, 0.717) is 12.1 Å². The van der Waals surface area contributed by atoms with Crippen molar-refractivity contribution in [3.05, 3.63) is 0 Å². The van der Waals surface area contributed by atoms with Gasteiger partial charge in [0.05, 0.1) is 6.10 Å². The standard InChI is InChI=1S/C8H18N2O/c1-4-9-7-5-10(2)6-8(7)11-3/h7-9H,4-6H2,1-3H3. The van der Waals surface area contributed by atoms with Gasteiger partial charge in [-0.1, -0.05) is 6.92 Å².